The molecule has 0 nitrogen and oxygen atoms in total. The molecular formula is C10H22S8. The summed E-state index contributed by atoms with van der Waals surface area (Å²) in [5, 5.41) is 1.48. The Bertz CT molecular complexity index is 171. The highest BCUT2D eigenvalue weighted by molar-refractivity contribution is 8.76. The SMILES string of the molecule is SCC(S)CC(S)CSSCC(S)CC(S)CS. The van der Waals surface area contributed by atoms with Gasteiger partial charge in [-0.15, -0.1) is 0 Å². The van der Waals surface area contributed by atoms with Gasteiger partial charge in [0.1, 0.15) is 0 Å². The van der Waals surface area contributed by atoms with Crippen molar-refractivity contribution in [3.63, 3.8) is 0 Å². The predicted octanol–water partition coefficient (Wildman–Crippen LogP) is 4.20. The summed E-state index contributed by atoms with van der Waals surface area (Å²) in [5.74, 6) is 3.69. The van der Waals surface area contributed by atoms with E-state index in [1.165, 1.54) is 0 Å². The van der Waals surface area contributed by atoms with E-state index < -0.39 is 0 Å². The Labute approximate surface area is 153 Å². The molecule has 4 atom stereocenters. The van der Waals surface area contributed by atoms with Crippen molar-refractivity contribution in [2.45, 2.75) is 33.8 Å². The molecule has 4 unspecified atom stereocenters. The van der Waals surface area contributed by atoms with Gasteiger partial charge < -0.3 is 0 Å². The minimum absolute atomic E-state index is 0.347. The highest BCUT2D eigenvalue weighted by atomic mass is 33.1. The fourth-order valence-electron chi connectivity index (χ4n) is 1.17. The standard InChI is InChI=1S/C10H22S8/c11-3-7(13)1-9(15)5-17-18-6-10(16)2-8(14)4-12/h7-16H,1-6H2. The molecule has 0 aliphatic carbocycles. The van der Waals surface area contributed by atoms with Crippen LogP contribution >= 0.6 is 97.4 Å². The first-order valence-electron chi connectivity index (χ1n) is 5.68. The normalized spacial score (nSPS) is 18.3. The van der Waals surface area contributed by atoms with Gasteiger partial charge in [-0.1, -0.05) is 21.6 Å². The van der Waals surface area contributed by atoms with Crippen molar-refractivity contribution < 1.29 is 0 Å². The van der Waals surface area contributed by atoms with Gasteiger partial charge in [-0.25, -0.2) is 0 Å². The van der Waals surface area contributed by atoms with Crippen LogP contribution in [0.5, 0.6) is 0 Å². The monoisotopic (exact) mass is 398 g/mol. The second kappa shape index (κ2) is 13.5. The van der Waals surface area contributed by atoms with Crippen LogP contribution in [0.4, 0.5) is 0 Å². The van der Waals surface area contributed by atoms with Crippen molar-refractivity contribution in [1.29, 1.82) is 0 Å². The Hall–Kier alpha value is 2.80. The molecule has 0 amide bonds. The van der Waals surface area contributed by atoms with Crippen LogP contribution in [0.25, 0.3) is 0 Å². The molecule has 0 aromatic heterocycles. The molecule has 0 saturated heterocycles. The zero-order valence-electron chi connectivity index (χ0n) is 10.1. The van der Waals surface area contributed by atoms with E-state index >= 15 is 0 Å². The molecule has 8 heteroatoms. The molecule has 18 heavy (non-hydrogen) atoms. The number of hydrogen-bond acceptors (Lipinski definition) is 8. The van der Waals surface area contributed by atoms with Crippen LogP contribution in [0.15, 0.2) is 0 Å². The van der Waals surface area contributed by atoms with Gasteiger partial charge in [-0.2, -0.15) is 75.8 Å². The lowest BCUT2D eigenvalue weighted by Gasteiger charge is -2.15. The Morgan fingerprint density at radius 2 is 0.944 bits per heavy atom. The molecular weight excluding hydrogens is 377 g/mol. The van der Waals surface area contributed by atoms with Crippen LogP contribution < -0.4 is 0 Å². The lowest BCUT2D eigenvalue weighted by Crippen LogP contribution is -2.13. The van der Waals surface area contributed by atoms with E-state index in [1.807, 2.05) is 21.6 Å². The summed E-state index contributed by atoms with van der Waals surface area (Å²) in [7, 11) is 3.73. The Balaban J connectivity index is 3.49. The topological polar surface area (TPSA) is 0 Å². The average molecular weight is 399 g/mol. The molecule has 0 rings (SSSR count). The van der Waals surface area contributed by atoms with Crippen LogP contribution in [-0.4, -0.2) is 44.0 Å². The maximum atomic E-state index is 4.56. The molecule has 0 spiro atoms. The zero-order chi connectivity index (χ0) is 14.0. The second-order valence-electron chi connectivity index (χ2n) is 4.02. The summed E-state index contributed by atoms with van der Waals surface area (Å²) in [6, 6.07) is 0. The van der Waals surface area contributed by atoms with Crippen LogP contribution in [0, 0.1) is 0 Å². The largest absolute Gasteiger partial charge is 0.178 e. The third-order valence-electron chi connectivity index (χ3n) is 2.11. The van der Waals surface area contributed by atoms with Gasteiger partial charge in [0.25, 0.3) is 0 Å². The van der Waals surface area contributed by atoms with Crippen molar-refractivity contribution in [3.8, 4) is 0 Å². The third kappa shape index (κ3) is 12.5. The summed E-state index contributed by atoms with van der Waals surface area (Å²) in [5.41, 5.74) is 0. The van der Waals surface area contributed by atoms with Crippen LogP contribution in [-0.2, 0) is 0 Å². The van der Waals surface area contributed by atoms with E-state index in [0.29, 0.717) is 21.0 Å². The molecule has 0 aliphatic heterocycles. The molecule has 0 fully saturated rings. The van der Waals surface area contributed by atoms with Gasteiger partial charge in [0.15, 0.2) is 0 Å². The fourth-order valence-corrected chi connectivity index (χ4v) is 6.21. The van der Waals surface area contributed by atoms with Gasteiger partial charge >= 0.3 is 0 Å². The number of hydrogen-bond donors (Lipinski definition) is 6. The molecule has 0 bridgehead atoms. The fraction of sp³-hybridized carbons (Fsp3) is 1.00. The van der Waals surface area contributed by atoms with E-state index in [2.05, 4.69) is 75.8 Å². The van der Waals surface area contributed by atoms with Crippen molar-refractivity contribution in [2.75, 3.05) is 23.0 Å². The Morgan fingerprint density at radius 1 is 0.611 bits per heavy atom. The maximum Gasteiger partial charge on any atom is 0.0154 e. The molecule has 0 saturated carbocycles. The zero-order valence-corrected chi connectivity index (χ0v) is 17.1. The molecule has 0 aromatic rings. The predicted molar refractivity (Wildman–Crippen MR) is 113 cm³/mol. The average Bonchev–Trinajstić information content (AvgIpc) is 2.34. The summed E-state index contributed by atoms with van der Waals surface area (Å²) < 4.78 is 0. The molecule has 0 aromatic carbocycles. The summed E-state index contributed by atoms with van der Waals surface area (Å²) >= 11 is 26.4. The lowest BCUT2D eigenvalue weighted by atomic mass is 10.2. The minimum atomic E-state index is 0.347. The van der Waals surface area contributed by atoms with Crippen LogP contribution in [0.1, 0.15) is 12.8 Å². The van der Waals surface area contributed by atoms with Gasteiger partial charge in [0, 0.05) is 44.0 Å². The molecule has 0 heterocycles. The molecule has 0 aliphatic rings. The first-order valence-corrected chi connectivity index (χ1v) is 11.5. The van der Waals surface area contributed by atoms with Crippen LogP contribution in [0.3, 0.4) is 0 Å². The summed E-state index contributed by atoms with van der Waals surface area (Å²) in [4.78, 5) is 0. The minimum Gasteiger partial charge on any atom is -0.178 e. The van der Waals surface area contributed by atoms with Gasteiger partial charge in [0.05, 0.1) is 0 Å². The quantitative estimate of drug-likeness (QED) is 0.175. The van der Waals surface area contributed by atoms with E-state index in [0.717, 1.165) is 35.9 Å². The van der Waals surface area contributed by atoms with E-state index in [4.69, 9.17) is 0 Å². The number of thiol groups is 6. The van der Waals surface area contributed by atoms with Gasteiger partial charge in [-0.3, -0.25) is 0 Å². The number of rotatable bonds is 11. The summed E-state index contributed by atoms with van der Waals surface area (Å²) in [6.45, 7) is 0. The van der Waals surface area contributed by atoms with E-state index in [9.17, 15) is 0 Å². The summed E-state index contributed by atoms with van der Waals surface area (Å²) in [6.07, 6.45) is 2.01. The van der Waals surface area contributed by atoms with E-state index in [1.54, 1.807) is 0 Å². The second-order valence-corrected chi connectivity index (χ2v) is 10.2. The van der Waals surface area contributed by atoms with Crippen molar-refractivity contribution in [1.82, 2.24) is 0 Å². The smallest absolute Gasteiger partial charge is 0.0154 e. The first-order chi connectivity index (χ1) is 8.49. The highest BCUT2D eigenvalue weighted by Gasteiger charge is 2.11. The van der Waals surface area contributed by atoms with Crippen molar-refractivity contribution in [2.24, 2.45) is 0 Å². The lowest BCUT2D eigenvalue weighted by molar-refractivity contribution is 0.826. The highest BCUT2D eigenvalue weighted by Crippen LogP contribution is 2.28. The van der Waals surface area contributed by atoms with Crippen molar-refractivity contribution in [3.05, 3.63) is 0 Å². The Morgan fingerprint density at radius 3 is 1.22 bits per heavy atom. The van der Waals surface area contributed by atoms with Gasteiger partial charge in [0.2, 0.25) is 0 Å². The first kappa shape index (κ1) is 20.8. The maximum absolute atomic E-state index is 4.56. The molecule has 110 valence electrons. The third-order valence-corrected chi connectivity index (χ3v) is 8.20. The Kier molecular flexibility index (Phi) is 15.6. The van der Waals surface area contributed by atoms with Crippen molar-refractivity contribution >= 4 is 97.4 Å². The van der Waals surface area contributed by atoms with E-state index in [-0.39, 0.29) is 0 Å². The molecule has 0 radical (unpaired) electrons. The van der Waals surface area contributed by atoms with Gasteiger partial charge in [-0.05, 0) is 12.8 Å². The molecule has 0 N–H and O–H groups in total. The van der Waals surface area contributed by atoms with Crippen LogP contribution in [0.2, 0.25) is 0 Å².